The Bertz CT molecular complexity index is 1080. The Balaban J connectivity index is 2.13. The van der Waals surface area contributed by atoms with Gasteiger partial charge in [0, 0.05) is 12.1 Å². The van der Waals surface area contributed by atoms with Gasteiger partial charge in [-0.3, -0.25) is 9.59 Å². The molecule has 1 amide bonds. The van der Waals surface area contributed by atoms with E-state index in [0.29, 0.717) is 54.6 Å². The smallest absolute Gasteiger partial charge is 0.295 e. The van der Waals surface area contributed by atoms with E-state index in [4.69, 9.17) is 14.2 Å². The van der Waals surface area contributed by atoms with Gasteiger partial charge in [-0.2, -0.15) is 0 Å². The van der Waals surface area contributed by atoms with Crippen LogP contribution in [0.15, 0.2) is 48.0 Å². The van der Waals surface area contributed by atoms with Crippen molar-refractivity contribution in [1.82, 2.24) is 9.80 Å². The third-order valence-electron chi connectivity index (χ3n) is 5.79. The second-order valence-electron chi connectivity index (χ2n) is 8.45. The summed E-state index contributed by atoms with van der Waals surface area (Å²) in [6.45, 7) is 5.78. The molecule has 8 nitrogen and oxygen atoms in total. The predicted molar refractivity (Wildman–Crippen MR) is 134 cm³/mol. The summed E-state index contributed by atoms with van der Waals surface area (Å²) in [5.74, 6) is 0.164. The maximum absolute atomic E-state index is 13.2. The Morgan fingerprint density at radius 3 is 2.26 bits per heavy atom. The van der Waals surface area contributed by atoms with Gasteiger partial charge in [0.25, 0.3) is 11.7 Å². The van der Waals surface area contributed by atoms with Crippen LogP contribution in [0.4, 0.5) is 0 Å². The lowest BCUT2D eigenvalue weighted by Crippen LogP contribution is -2.32. The number of aliphatic hydroxyl groups excluding tert-OH is 1. The van der Waals surface area contributed by atoms with Gasteiger partial charge in [0.15, 0.2) is 11.5 Å². The molecule has 2 aromatic carbocycles. The van der Waals surface area contributed by atoms with E-state index in [2.05, 4.69) is 0 Å². The van der Waals surface area contributed by atoms with Crippen molar-refractivity contribution in [2.75, 3.05) is 47.5 Å². The third-order valence-corrected chi connectivity index (χ3v) is 5.79. The van der Waals surface area contributed by atoms with Gasteiger partial charge in [0.2, 0.25) is 0 Å². The van der Waals surface area contributed by atoms with Crippen molar-refractivity contribution in [1.29, 1.82) is 0 Å². The number of Topliss-reactive ketones (excluding diaryl/α,β-unsaturated/α-hetero) is 1. The quantitative estimate of drug-likeness (QED) is 0.296. The van der Waals surface area contributed by atoms with Crippen molar-refractivity contribution in [2.24, 2.45) is 0 Å². The highest BCUT2D eigenvalue weighted by atomic mass is 16.5. The van der Waals surface area contributed by atoms with Gasteiger partial charge in [-0.25, -0.2) is 0 Å². The van der Waals surface area contributed by atoms with E-state index in [-0.39, 0.29) is 11.3 Å². The minimum atomic E-state index is -0.755. The minimum Gasteiger partial charge on any atom is -0.507 e. The lowest BCUT2D eigenvalue weighted by Gasteiger charge is -2.26. The molecule has 0 unspecified atom stereocenters. The number of carbonyl (C=O) groups excluding carboxylic acids is 2. The molecule has 0 spiro atoms. The zero-order valence-corrected chi connectivity index (χ0v) is 21.0. The summed E-state index contributed by atoms with van der Waals surface area (Å²) >= 11 is 0. The summed E-state index contributed by atoms with van der Waals surface area (Å²) in [4.78, 5) is 29.9. The molecular weight excluding hydrogens is 448 g/mol. The Kier molecular flexibility index (Phi) is 8.76. The molecule has 0 saturated carbocycles. The van der Waals surface area contributed by atoms with Crippen LogP contribution in [0, 0.1) is 0 Å². The van der Waals surface area contributed by atoms with Crippen molar-refractivity contribution in [3.8, 4) is 17.2 Å². The Morgan fingerprint density at radius 1 is 1.00 bits per heavy atom. The summed E-state index contributed by atoms with van der Waals surface area (Å²) in [6.07, 6.45) is 0.675. The SMILES string of the molecule is CCOc1ccc([C@H]2C(=C(O)c3ccc(OC)cc3)C(=O)C(=O)N2CCCN(C)C)cc1OCC. The molecule has 8 heteroatoms. The number of hydrogen-bond donors (Lipinski definition) is 1. The molecule has 1 aliphatic heterocycles. The molecule has 1 fully saturated rings. The van der Waals surface area contributed by atoms with Gasteiger partial charge in [0.05, 0.1) is 31.9 Å². The molecule has 0 aromatic heterocycles. The van der Waals surface area contributed by atoms with Crippen molar-refractivity contribution in [3.63, 3.8) is 0 Å². The molecule has 188 valence electrons. The lowest BCUT2D eigenvalue weighted by atomic mass is 9.95. The van der Waals surface area contributed by atoms with E-state index in [1.54, 1.807) is 43.5 Å². The number of carbonyl (C=O) groups is 2. The fourth-order valence-electron chi connectivity index (χ4n) is 4.16. The van der Waals surface area contributed by atoms with Gasteiger partial charge in [-0.1, -0.05) is 6.07 Å². The number of benzene rings is 2. The molecule has 0 radical (unpaired) electrons. The molecule has 0 bridgehead atoms. The lowest BCUT2D eigenvalue weighted by molar-refractivity contribution is -0.139. The molecule has 35 heavy (non-hydrogen) atoms. The summed E-state index contributed by atoms with van der Waals surface area (Å²) < 4.78 is 16.7. The van der Waals surface area contributed by atoms with E-state index in [0.717, 1.165) is 6.54 Å². The Hall–Kier alpha value is -3.52. The van der Waals surface area contributed by atoms with Gasteiger partial charge < -0.3 is 29.1 Å². The molecule has 3 rings (SSSR count). The third kappa shape index (κ3) is 5.77. The molecule has 2 aromatic rings. The average molecular weight is 483 g/mol. The molecule has 1 saturated heterocycles. The molecule has 1 atom stereocenters. The molecule has 1 aliphatic rings. The first kappa shape index (κ1) is 26.1. The number of likely N-dealkylation sites (tertiary alicyclic amines) is 1. The van der Waals surface area contributed by atoms with Crippen LogP contribution in [0.5, 0.6) is 17.2 Å². The maximum Gasteiger partial charge on any atom is 0.295 e. The van der Waals surface area contributed by atoms with Crippen LogP contribution in [-0.2, 0) is 9.59 Å². The van der Waals surface area contributed by atoms with Crippen molar-refractivity contribution >= 4 is 17.4 Å². The summed E-state index contributed by atoms with van der Waals surface area (Å²) in [5, 5.41) is 11.2. The van der Waals surface area contributed by atoms with Crippen LogP contribution in [0.2, 0.25) is 0 Å². The monoisotopic (exact) mass is 482 g/mol. The highest BCUT2D eigenvalue weighted by molar-refractivity contribution is 6.46. The number of nitrogens with zero attached hydrogens (tertiary/aromatic N) is 2. The summed E-state index contributed by atoms with van der Waals surface area (Å²) in [7, 11) is 5.46. The number of hydrogen-bond acceptors (Lipinski definition) is 7. The van der Waals surface area contributed by atoms with Gasteiger partial charge >= 0.3 is 0 Å². The average Bonchev–Trinajstić information content (AvgIpc) is 3.10. The van der Waals surface area contributed by atoms with Crippen LogP contribution < -0.4 is 14.2 Å². The second-order valence-corrected chi connectivity index (χ2v) is 8.45. The number of rotatable bonds is 11. The van der Waals surface area contributed by atoms with Crippen LogP contribution in [0.25, 0.3) is 5.76 Å². The van der Waals surface area contributed by atoms with Gasteiger partial charge in [0.1, 0.15) is 11.5 Å². The predicted octanol–water partition coefficient (Wildman–Crippen LogP) is 3.87. The van der Waals surface area contributed by atoms with Crippen LogP contribution in [0.3, 0.4) is 0 Å². The highest BCUT2D eigenvalue weighted by Crippen LogP contribution is 2.42. The van der Waals surface area contributed by atoms with E-state index in [1.807, 2.05) is 38.9 Å². The van der Waals surface area contributed by atoms with Crippen molar-refractivity contribution in [3.05, 3.63) is 59.2 Å². The van der Waals surface area contributed by atoms with Crippen LogP contribution in [-0.4, -0.2) is 74.1 Å². The maximum atomic E-state index is 13.2. The van der Waals surface area contributed by atoms with Crippen molar-refractivity contribution < 1.29 is 28.9 Å². The van der Waals surface area contributed by atoms with Crippen LogP contribution in [0.1, 0.15) is 37.4 Å². The first-order valence-corrected chi connectivity index (χ1v) is 11.8. The van der Waals surface area contributed by atoms with E-state index < -0.39 is 17.7 Å². The van der Waals surface area contributed by atoms with E-state index >= 15 is 0 Å². The first-order chi connectivity index (χ1) is 16.8. The Morgan fingerprint density at radius 2 is 1.66 bits per heavy atom. The summed E-state index contributed by atoms with van der Waals surface area (Å²) in [6, 6.07) is 11.3. The number of aliphatic hydroxyl groups is 1. The fourth-order valence-corrected chi connectivity index (χ4v) is 4.16. The second kappa shape index (κ2) is 11.8. The van der Waals surface area contributed by atoms with E-state index in [9.17, 15) is 14.7 Å². The number of amides is 1. The largest absolute Gasteiger partial charge is 0.507 e. The Labute approximate surface area is 206 Å². The van der Waals surface area contributed by atoms with Crippen LogP contribution >= 0.6 is 0 Å². The number of ketones is 1. The topological polar surface area (TPSA) is 88.5 Å². The number of ether oxygens (including phenoxy) is 3. The molecular formula is C27H34N2O6. The molecule has 1 heterocycles. The van der Waals surface area contributed by atoms with Crippen molar-refractivity contribution in [2.45, 2.75) is 26.3 Å². The van der Waals surface area contributed by atoms with Gasteiger partial charge in [-0.15, -0.1) is 0 Å². The normalized spacial score (nSPS) is 17.2. The standard InChI is InChI=1S/C27H34N2O6/c1-6-34-21-14-11-19(17-22(21)35-7-2)24-23(25(30)18-9-12-20(33-5)13-10-18)26(31)27(32)29(24)16-8-15-28(3)4/h9-14,17,24,30H,6-8,15-16H2,1-5H3/t24-/m0/s1. The number of methoxy groups -OCH3 is 1. The summed E-state index contributed by atoms with van der Waals surface area (Å²) in [5.41, 5.74) is 1.14. The first-order valence-electron chi connectivity index (χ1n) is 11.8. The molecule has 1 N–H and O–H groups in total. The van der Waals surface area contributed by atoms with Gasteiger partial charge in [-0.05, 0) is 82.9 Å². The van der Waals surface area contributed by atoms with E-state index in [1.165, 1.54) is 4.90 Å². The highest BCUT2D eigenvalue weighted by Gasteiger charge is 2.46. The minimum absolute atomic E-state index is 0.0524. The zero-order valence-electron chi connectivity index (χ0n) is 21.0. The fraction of sp³-hybridized carbons (Fsp3) is 0.407. The zero-order chi connectivity index (χ0) is 25.5. The molecule has 0 aliphatic carbocycles.